The molecule has 0 aliphatic carbocycles. The predicted molar refractivity (Wildman–Crippen MR) is 76.1 cm³/mol. The maximum atomic E-state index is 8.84. The molecule has 1 aromatic rings. The summed E-state index contributed by atoms with van der Waals surface area (Å²) < 4.78 is 0. The van der Waals surface area contributed by atoms with Crippen molar-refractivity contribution in [1.82, 2.24) is 5.32 Å². The van der Waals surface area contributed by atoms with Crippen LogP contribution in [0.15, 0.2) is 24.3 Å². The van der Waals surface area contributed by atoms with E-state index in [2.05, 4.69) is 38.2 Å². The van der Waals surface area contributed by atoms with Crippen LogP contribution in [-0.2, 0) is 6.54 Å². The molecule has 2 nitrogen and oxygen atoms in total. The minimum absolute atomic E-state index is 0.537. The molecule has 0 aromatic heterocycles. The van der Waals surface area contributed by atoms with Gasteiger partial charge in [0.05, 0.1) is 11.6 Å². The van der Waals surface area contributed by atoms with Crippen LogP contribution in [0.2, 0.25) is 0 Å². The molecule has 1 rings (SSSR count). The Labute approximate surface area is 111 Å². The zero-order chi connectivity index (χ0) is 13.4. The summed E-state index contributed by atoms with van der Waals surface area (Å²) in [6, 6.07) is 10.5. The number of nitrogens with one attached hydrogen (secondary N) is 1. The minimum atomic E-state index is 0.537. The third-order valence-corrected chi connectivity index (χ3v) is 3.13. The van der Waals surface area contributed by atoms with E-state index in [-0.39, 0.29) is 0 Å². The fourth-order valence-corrected chi connectivity index (χ4v) is 1.98. The van der Waals surface area contributed by atoms with Gasteiger partial charge in [0.25, 0.3) is 0 Å². The van der Waals surface area contributed by atoms with Crippen LogP contribution in [0.5, 0.6) is 0 Å². The van der Waals surface area contributed by atoms with Crippen LogP contribution < -0.4 is 5.32 Å². The molecular formula is C16H24N2. The molecule has 1 aromatic carbocycles. The number of hydrogen-bond donors (Lipinski definition) is 1. The van der Waals surface area contributed by atoms with Gasteiger partial charge in [0.1, 0.15) is 0 Å². The van der Waals surface area contributed by atoms with Crippen molar-refractivity contribution in [2.75, 3.05) is 0 Å². The molecule has 0 aliphatic heterocycles. The smallest absolute Gasteiger partial charge is 0.0991 e. The van der Waals surface area contributed by atoms with E-state index in [1.54, 1.807) is 0 Å². The molecule has 1 N–H and O–H groups in total. The molecule has 98 valence electrons. The molecule has 0 saturated heterocycles. The van der Waals surface area contributed by atoms with E-state index in [0.29, 0.717) is 6.04 Å². The Morgan fingerprint density at radius 2 is 2.00 bits per heavy atom. The average molecular weight is 244 g/mol. The normalized spacial score (nSPS) is 12.4. The van der Waals surface area contributed by atoms with Crippen molar-refractivity contribution in [1.29, 1.82) is 5.26 Å². The van der Waals surface area contributed by atoms with Crippen LogP contribution >= 0.6 is 0 Å². The first-order chi connectivity index (χ1) is 8.61. The molecule has 0 spiro atoms. The molecule has 0 heterocycles. The minimum Gasteiger partial charge on any atom is -0.310 e. The summed E-state index contributed by atoms with van der Waals surface area (Å²) in [6.45, 7) is 7.61. The Balaban J connectivity index is 2.29. The van der Waals surface area contributed by atoms with Crippen LogP contribution in [0, 0.1) is 17.2 Å². The van der Waals surface area contributed by atoms with Crippen LogP contribution in [-0.4, -0.2) is 6.04 Å². The first-order valence-electron chi connectivity index (χ1n) is 6.84. The van der Waals surface area contributed by atoms with Gasteiger partial charge in [-0.25, -0.2) is 0 Å². The second kappa shape index (κ2) is 7.89. The first kappa shape index (κ1) is 14.7. The van der Waals surface area contributed by atoms with Crippen molar-refractivity contribution >= 4 is 0 Å². The fraction of sp³-hybridized carbons (Fsp3) is 0.562. The number of hydrogen-bond acceptors (Lipinski definition) is 2. The zero-order valence-corrected chi connectivity index (χ0v) is 11.7. The Kier molecular flexibility index (Phi) is 6.46. The van der Waals surface area contributed by atoms with Crippen LogP contribution in [0.25, 0.3) is 0 Å². The zero-order valence-electron chi connectivity index (χ0n) is 11.7. The highest BCUT2D eigenvalue weighted by atomic mass is 14.9. The molecule has 0 radical (unpaired) electrons. The van der Waals surface area contributed by atoms with E-state index in [9.17, 15) is 0 Å². The molecule has 0 fully saturated rings. The Morgan fingerprint density at radius 3 is 2.67 bits per heavy atom. The molecule has 18 heavy (non-hydrogen) atoms. The van der Waals surface area contributed by atoms with E-state index in [4.69, 9.17) is 5.26 Å². The summed E-state index contributed by atoms with van der Waals surface area (Å²) in [7, 11) is 0. The van der Waals surface area contributed by atoms with Gasteiger partial charge in [-0.3, -0.25) is 0 Å². The van der Waals surface area contributed by atoms with Gasteiger partial charge in [0.2, 0.25) is 0 Å². The van der Waals surface area contributed by atoms with Gasteiger partial charge in [-0.15, -0.1) is 0 Å². The molecule has 2 heteroatoms. The van der Waals surface area contributed by atoms with Crippen LogP contribution in [0.3, 0.4) is 0 Å². The van der Waals surface area contributed by atoms with Crippen molar-refractivity contribution in [3.05, 3.63) is 35.4 Å². The number of rotatable bonds is 7. The van der Waals surface area contributed by atoms with Crippen molar-refractivity contribution < 1.29 is 0 Å². The van der Waals surface area contributed by atoms with Crippen molar-refractivity contribution in [3.63, 3.8) is 0 Å². The van der Waals surface area contributed by atoms with Gasteiger partial charge in [0, 0.05) is 12.6 Å². The molecule has 0 aliphatic rings. The lowest BCUT2D eigenvalue weighted by Gasteiger charge is -2.14. The Morgan fingerprint density at radius 1 is 1.22 bits per heavy atom. The SMILES string of the molecule is CC(C)CCCC(C)NCc1cccc(C#N)c1. The Bertz CT molecular complexity index is 390. The summed E-state index contributed by atoms with van der Waals surface area (Å²) in [6.07, 6.45) is 3.80. The second-order valence-corrected chi connectivity index (χ2v) is 5.42. The van der Waals surface area contributed by atoms with Gasteiger partial charge in [-0.05, 0) is 37.0 Å². The quantitative estimate of drug-likeness (QED) is 0.790. The van der Waals surface area contributed by atoms with E-state index in [1.165, 1.54) is 24.8 Å². The lowest BCUT2D eigenvalue weighted by atomic mass is 10.0. The Hall–Kier alpha value is -1.33. The predicted octanol–water partition coefficient (Wildman–Crippen LogP) is 3.86. The van der Waals surface area contributed by atoms with Gasteiger partial charge >= 0.3 is 0 Å². The lowest BCUT2D eigenvalue weighted by molar-refractivity contribution is 0.457. The van der Waals surface area contributed by atoms with Gasteiger partial charge in [0.15, 0.2) is 0 Å². The van der Waals surface area contributed by atoms with E-state index in [1.807, 2.05) is 18.2 Å². The van der Waals surface area contributed by atoms with Crippen molar-refractivity contribution in [2.45, 2.75) is 52.6 Å². The summed E-state index contributed by atoms with van der Waals surface area (Å²) in [5, 5.41) is 12.4. The largest absolute Gasteiger partial charge is 0.310 e. The topological polar surface area (TPSA) is 35.8 Å². The van der Waals surface area contributed by atoms with Gasteiger partial charge in [-0.2, -0.15) is 5.26 Å². The fourth-order valence-electron chi connectivity index (χ4n) is 1.98. The molecule has 0 saturated carbocycles. The highest BCUT2D eigenvalue weighted by molar-refractivity contribution is 5.32. The van der Waals surface area contributed by atoms with Crippen molar-refractivity contribution in [2.24, 2.45) is 5.92 Å². The molecule has 0 bridgehead atoms. The third kappa shape index (κ3) is 5.84. The highest BCUT2D eigenvalue weighted by Crippen LogP contribution is 2.09. The molecular weight excluding hydrogens is 220 g/mol. The van der Waals surface area contributed by atoms with Crippen LogP contribution in [0.1, 0.15) is 51.2 Å². The number of nitriles is 1. The summed E-state index contributed by atoms with van der Waals surface area (Å²) in [4.78, 5) is 0. The van der Waals surface area contributed by atoms with E-state index in [0.717, 1.165) is 18.0 Å². The third-order valence-electron chi connectivity index (χ3n) is 3.13. The molecule has 1 atom stereocenters. The van der Waals surface area contributed by atoms with E-state index >= 15 is 0 Å². The molecule has 1 unspecified atom stereocenters. The second-order valence-electron chi connectivity index (χ2n) is 5.42. The summed E-state index contributed by atoms with van der Waals surface area (Å²) in [5.41, 5.74) is 1.92. The van der Waals surface area contributed by atoms with Gasteiger partial charge < -0.3 is 5.32 Å². The standard InChI is InChI=1S/C16H24N2/c1-13(2)6-4-7-14(3)18-12-16-9-5-8-15(10-16)11-17/h5,8-10,13-14,18H,4,6-7,12H2,1-3H3. The monoisotopic (exact) mass is 244 g/mol. The highest BCUT2D eigenvalue weighted by Gasteiger charge is 2.03. The van der Waals surface area contributed by atoms with Crippen LogP contribution in [0.4, 0.5) is 0 Å². The lowest BCUT2D eigenvalue weighted by Crippen LogP contribution is -2.25. The number of nitrogens with zero attached hydrogens (tertiary/aromatic N) is 1. The number of benzene rings is 1. The maximum absolute atomic E-state index is 8.84. The maximum Gasteiger partial charge on any atom is 0.0991 e. The molecule has 0 amide bonds. The van der Waals surface area contributed by atoms with Crippen molar-refractivity contribution in [3.8, 4) is 6.07 Å². The summed E-state index contributed by atoms with van der Waals surface area (Å²) in [5.74, 6) is 0.796. The van der Waals surface area contributed by atoms with E-state index < -0.39 is 0 Å². The van der Waals surface area contributed by atoms with Gasteiger partial charge in [-0.1, -0.05) is 38.8 Å². The first-order valence-corrected chi connectivity index (χ1v) is 6.84. The summed E-state index contributed by atoms with van der Waals surface area (Å²) >= 11 is 0. The average Bonchev–Trinajstić information content (AvgIpc) is 2.36.